The molecule has 1 atom stereocenters. The molecule has 1 fully saturated rings. The Hall–Kier alpha value is -2.96. The van der Waals surface area contributed by atoms with Crippen LogP contribution >= 0.6 is 23.4 Å². The minimum absolute atomic E-state index is 0.0956. The van der Waals surface area contributed by atoms with E-state index in [1.807, 2.05) is 48.5 Å². The first-order valence-electron chi connectivity index (χ1n) is 9.81. The molecule has 31 heavy (non-hydrogen) atoms. The molecule has 0 saturated carbocycles. The molecule has 3 aromatic rings. The van der Waals surface area contributed by atoms with Crippen LogP contribution in [0.25, 0.3) is 0 Å². The van der Waals surface area contributed by atoms with Crippen molar-refractivity contribution in [3.63, 3.8) is 0 Å². The highest BCUT2D eigenvalue weighted by Gasteiger charge is 2.60. The number of anilines is 2. The lowest BCUT2D eigenvalue weighted by atomic mass is 10.0. The Morgan fingerprint density at radius 2 is 1.71 bits per heavy atom. The van der Waals surface area contributed by atoms with Crippen molar-refractivity contribution in [3.8, 4) is 5.75 Å². The van der Waals surface area contributed by atoms with Gasteiger partial charge in [0.15, 0.2) is 0 Å². The van der Waals surface area contributed by atoms with Gasteiger partial charge in [-0.2, -0.15) is 0 Å². The number of ether oxygens (including phenoxy) is 1. The summed E-state index contributed by atoms with van der Waals surface area (Å²) < 4.78 is 5.24. The highest BCUT2D eigenvalue weighted by atomic mass is 35.5. The number of methoxy groups -OCH3 is 1. The highest BCUT2D eigenvalue weighted by Crippen LogP contribution is 2.55. The molecule has 0 aromatic heterocycles. The largest absolute Gasteiger partial charge is 0.497 e. The number of benzene rings is 3. The summed E-state index contributed by atoms with van der Waals surface area (Å²) in [5.74, 6) is 0.787. The highest BCUT2D eigenvalue weighted by molar-refractivity contribution is 8.02. The lowest BCUT2D eigenvalue weighted by molar-refractivity contribution is -0.123. The molecule has 2 amide bonds. The molecule has 3 aromatic carbocycles. The van der Waals surface area contributed by atoms with Crippen LogP contribution < -0.4 is 14.5 Å². The van der Waals surface area contributed by atoms with Gasteiger partial charge in [-0.3, -0.25) is 14.5 Å². The summed E-state index contributed by atoms with van der Waals surface area (Å²) in [4.78, 5) is 29.3. The zero-order chi connectivity index (χ0) is 21.6. The third kappa shape index (κ3) is 3.09. The van der Waals surface area contributed by atoms with E-state index in [0.29, 0.717) is 17.3 Å². The number of thioether (sulfide) groups is 1. The summed E-state index contributed by atoms with van der Waals surface area (Å²) in [6.45, 7) is 0.408. The fourth-order valence-corrected chi connectivity index (χ4v) is 5.70. The van der Waals surface area contributed by atoms with Gasteiger partial charge >= 0.3 is 0 Å². The molecule has 5 rings (SSSR count). The molecule has 0 aliphatic carbocycles. The van der Waals surface area contributed by atoms with Gasteiger partial charge in [0.05, 0.1) is 25.1 Å². The van der Waals surface area contributed by atoms with Crippen LogP contribution in [0.1, 0.15) is 11.1 Å². The molecule has 156 valence electrons. The molecule has 7 heteroatoms. The first-order valence-corrected chi connectivity index (χ1v) is 11.2. The smallest absolute Gasteiger partial charge is 0.269 e. The van der Waals surface area contributed by atoms with Crippen LogP contribution in [-0.4, -0.2) is 24.7 Å². The lowest BCUT2D eigenvalue weighted by Crippen LogP contribution is -2.49. The van der Waals surface area contributed by atoms with Crippen molar-refractivity contribution < 1.29 is 14.3 Å². The average molecular weight is 451 g/mol. The molecule has 0 bridgehead atoms. The predicted octanol–water partition coefficient (Wildman–Crippen LogP) is 4.83. The second-order valence-corrected chi connectivity index (χ2v) is 9.00. The van der Waals surface area contributed by atoms with E-state index in [2.05, 4.69) is 0 Å². The van der Waals surface area contributed by atoms with Gasteiger partial charge in [0.2, 0.25) is 10.8 Å². The Balaban J connectivity index is 1.59. The van der Waals surface area contributed by atoms with E-state index in [-0.39, 0.29) is 17.6 Å². The first-order chi connectivity index (χ1) is 15.0. The number of hydrogen-bond donors (Lipinski definition) is 0. The normalized spacial score (nSPS) is 19.9. The predicted molar refractivity (Wildman–Crippen MR) is 124 cm³/mol. The fourth-order valence-electron chi connectivity index (χ4n) is 4.22. The van der Waals surface area contributed by atoms with Crippen molar-refractivity contribution in [2.45, 2.75) is 11.4 Å². The van der Waals surface area contributed by atoms with E-state index in [1.165, 1.54) is 11.8 Å². The van der Waals surface area contributed by atoms with E-state index < -0.39 is 4.87 Å². The van der Waals surface area contributed by atoms with Crippen LogP contribution in [-0.2, 0) is 21.0 Å². The second-order valence-electron chi connectivity index (χ2n) is 7.39. The van der Waals surface area contributed by atoms with E-state index in [1.54, 1.807) is 41.2 Å². The Labute approximate surface area is 189 Å². The Kier molecular flexibility index (Phi) is 4.91. The van der Waals surface area contributed by atoms with Gasteiger partial charge in [-0.15, -0.1) is 11.8 Å². The van der Waals surface area contributed by atoms with Crippen molar-refractivity contribution in [1.82, 2.24) is 0 Å². The summed E-state index contributed by atoms with van der Waals surface area (Å²) >= 11 is 7.43. The van der Waals surface area contributed by atoms with Crippen LogP contribution in [0, 0.1) is 0 Å². The molecular weight excluding hydrogens is 432 g/mol. The van der Waals surface area contributed by atoms with Gasteiger partial charge in [0.25, 0.3) is 5.91 Å². The van der Waals surface area contributed by atoms with Crippen molar-refractivity contribution in [3.05, 3.63) is 88.9 Å². The third-order valence-corrected chi connectivity index (χ3v) is 7.29. The number of amides is 2. The molecule has 1 spiro atoms. The summed E-state index contributed by atoms with van der Waals surface area (Å²) in [6, 6.07) is 22.4. The standard InChI is InChI=1S/C24H19ClN2O3S/c1-30-19-12-6-16(7-13-19)14-26-21-5-3-2-4-20(21)24(23(26)29)27(22(28)15-31-24)18-10-8-17(25)9-11-18/h2-13H,14-15H2,1H3/t24-/m0/s1. The maximum absolute atomic E-state index is 14.0. The topological polar surface area (TPSA) is 49.9 Å². The third-order valence-electron chi connectivity index (χ3n) is 5.65. The van der Waals surface area contributed by atoms with Crippen LogP contribution in [0.5, 0.6) is 5.75 Å². The Morgan fingerprint density at radius 3 is 2.42 bits per heavy atom. The van der Waals surface area contributed by atoms with Crippen molar-refractivity contribution in [1.29, 1.82) is 0 Å². The molecule has 5 nitrogen and oxygen atoms in total. The van der Waals surface area contributed by atoms with Crippen LogP contribution in [0.2, 0.25) is 5.02 Å². The van der Waals surface area contributed by atoms with E-state index in [9.17, 15) is 9.59 Å². The van der Waals surface area contributed by atoms with Crippen molar-refractivity contribution in [2.75, 3.05) is 22.7 Å². The lowest BCUT2D eigenvalue weighted by Gasteiger charge is -2.33. The molecule has 2 heterocycles. The molecule has 0 radical (unpaired) electrons. The number of carbonyl (C=O) groups is 2. The number of rotatable bonds is 4. The number of para-hydroxylation sites is 1. The maximum Gasteiger partial charge on any atom is 0.269 e. The van der Waals surface area contributed by atoms with Crippen LogP contribution in [0.3, 0.4) is 0 Å². The maximum atomic E-state index is 14.0. The fraction of sp³-hybridized carbons (Fsp3) is 0.167. The van der Waals surface area contributed by atoms with Crippen molar-refractivity contribution in [2.24, 2.45) is 0 Å². The quantitative estimate of drug-likeness (QED) is 0.571. The minimum atomic E-state index is -1.12. The zero-order valence-corrected chi connectivity index (χ0v) is 18.3. The second kappa shape index (κ2) is 7.62. The summed E-state index contributed by atoms with van der Waals surface area (Å²) in [7, 11) is 1.62. The number of fused-ring (bicyclic) bond motifs is 2. The zero-order valence-electron chi connectivity index (χ0n) is 16.7. The number of hydrogen-bond acceptors (Lipinski definition) is 4. The summed E-state index contributed by atoms with van der Waals surface area (Å²) in [5.41, 5.74) is 3.30. The molecular formula is C24H19ClN2O3S. The van der Waals surface area contributed by atoms with Gasteiger partial charge in [-0.05, 0) is 48.0 Å². The Bertz CT molecular complexity index is 1170. The van der Waals surface area contributed by atoms with Crippen LogP contribution in [0.4, 0.5) is 11.4 Å². The van der Waals surface area contributed by atoms with Gasteiger partial charge < -0.3 is 9.64 Å². The average Bonchev–Trinajstić information content (AvgIpc) is 3.26. The van der Waals surface area contributed by atoms with Crippen LogP contribution in [0.15, 0.2) is 72.8 Å². The van der Waals surface area contributed by atoms with E-state index >= 15 is 0 Å². The number of halogens is 1. The van der Waals surface area contributed by atoms with Crippen molar-refractivity contribution >= 4 is 46.6 Å². The van der Waals surface area contributed by atoms with E-state index in [0.717, 1.165) is 22.6 Å². The number of carbonyl (C=O) groups excluding carboxylic acids is 2. The van der Waals surface area contributed by atoms with Gasteiger partial charge in [-0.1, -0.05) is 41.9 Å². The molecule has 0 unspecified atom stereocenters. The van der Waals surface area contributed by atoms with Gasteiger partial charge in [0.1, 0.15) is 5.75 Å². The number of nitrogens with zero attached hydrogens (tertiary/aromatic N) is 2. The molecule has 2 aliphatic rings. The van der Waals surface area contributed by atoms with Gasteiger partial charge in [0, 0.05) is 16.3 Å². The molecule has 1 saturated heterocycles. The van der Waals surface area contributed by atoms with Gasteiger partial charge in [-0.25, -0.2) is 0 Å². The SMILES string of the molecule is COc1ccc(CN2C(=O)[C@@]3(SCC(=O)N3c3ccc(Cl)cc3)c3ccccc32)cc1. The van der Waals surface area contributed by atoms with E-state index in [4.69, 9.17) is 16.3 Å². The monoisotopic (exact) mass is 450 g/mol. The molecule has 2 aliphatic heterocycles. The minimum Gasteiger partial charge on any atom is -0.497 e. The Morgan fingerprint density at radius 1 is 1.00 bits per heavy atom. The first kappa shape index (κ1) is 20.0. The molecule has 0 N–H and O–H groups in total. The summed E-state index contributed by atoms with van der Waals surface area (Å²) in [5, 5.41) is 0.580. The summed E-state index contributed by atoms with van der Waals surface area (Å²) in [6.07, 6.45) is 0.